The smallest absolute Gasteiger partial charge is 0.235 e. The van der Waals surface area contributed by atoms with Gasteiger partial charge in [0.15, 0.2) is 0 Å². The topological polar surface area (TPSA) is 66.6 Å². The molecule has 102 valence electrons. The van der Waals surface area contributed by atoms with E-state index in [0.29, 0.717) is 13.0 Å². The van der Waals surface area contributed by atoms with Gasteiger partial charge in [-0.25, -0.2) is 0 Å². The molecular formula is C13H23N3O2. The fourth-order valence-corrected chi connectivity index (χ4v) is 2.93. The van der Waals surface area contributed by atoms with Crippen molar-refractivity contribution in [2.24, 2.45) is 11.1 Å². The number of rotatable bonds is 3. The molecule has 18 heavy (non-hydrogen) atoms. The van der Waals surface area contributed by atoms with Crippen LogP contribution in [0.1, 0.15) is 33.1 Å². The van der Waals surface area contributed by atoms with Crippen LogP contribution in [0.5, 0.6) is 0 Å². The number of piperidine rings is 1. The monoisotopic (exact) mass is 253 g/mol. The summed E-state index contributed by atoms with van der Waals surface area (Å²) in [4.78, 5) is 28.0. The van der Waals surface area contributed by atoms with Gasteiger partial charge in [-0.2, -0.15) is 0 Å². The van der Waals surface area contributed by atoms with E-state index < -0.39 is 5.41 Å². The maximum Gasteiger partial charge on any atom is 0.235 e. The number of hydrogen-bond donors (Lipinski definition) is 1. The highest BCUT2D eigenvalue weighted by molar-refractivity contribution is 6.05. The highest BCUT2D eigenvalue weighted by Gasteiger charge is 2.47. The minimum atomic E-state index is -0.508. The summed E-state index contributed by atoms with van der Waals surface area (Å²) in [5.74, 6) is 0.00653. The second-order valence-electron chi connectivity index (χ2n) is 5.99. The summed E-state index contributed by atoms with van der Waals surface area (Å²) in [5, 5.41) is 0. The molecule has 2 aliphatic heterocycles. The minimum absolute atomic E-state index is 0.00211. The third-order valence-corrected chi connectivity index (χ3v) is 4.03. The Bertz CT molecular complexity index is 346. The molecule has 0 aromatic heterocycles. The Morgan fingerprint density at radius 2 is 1.89 bits per heavy atom. The van der Waals surface area contributed by atoms with Crippen LogP contribution in [0.4, 0.5) is 0 Å². The van der Waals surface area contributed by atoms with Crippen molar-refractivity contribution in [2.75, 3.05) is 26.2 Å². The van der Waals surface area contributed by atoms with Crippen molar-refractivity contribution in [1.29, 1.82) is 0 Å². The van der Waals surface area contributed by atoms with Crippen LogP contribution in [0, 0.1) is 5.41 Å². The van der Waals surface area contributed by atoms with Crippen LogP contribution in [-0.4, -0.2) is 53.8 Å². The first-order valence-electron chi connectivity index (χ1n) is 6.74. The second-order valence-corrected chi connectivity index (χ2v) is 5.99. The van der Waals surface area contributed by atoms with Crippen molar-refractivity contribution in [3.05, 3.63) is 0 Å². The summed E-state index contributed by atoms with van der Waals surface area (Å²) in [6.45, 7) is 7.14. The Morgan fingerprint density at radius 3 is 2.33 bits per heavy atom. The average Bonchev–Trinajstić information content (AvgIpc) is 2.50. The Labute approximate surface area is 108 Å². The van der Waals surface area contributed by atoms with Crippen LogP contribution in [-0.2, 0) is 9.59 Å². The van der Waals surface area contributed by atoms with Gasteiger partial charge in [0.2, 0.25) is 11.8 Å². The predicted molar refractivity (Wildman–Crippen MR) is 68.8 cm³/mol. The molecule has 0 spiro atoms. The average molecular weight is 253 g/mol. The molecule has 2 fully saturated rings. The highest BCUT2D eigenvalue weighted by Crippen LogP contribution is 2.34. The van der Waals surface area contributed by atoms with Gasteiger partial charge < -0.3 is 10.6 Å². The van der Waals surface area contributed by atoms with Crippen LogP contribution < -0.4 is 5.73 Å². The van der Waals surface area contributed by atoms with Gasteiger partial charge in [0, 0.05) is 38.6 Å². The first-order valence-corrected chi connectivity index (χ1v) is 6.74. The van der Waals surface area contributed by atoms with Crippen LogP contribution >= 0.6 is 0 Å². The minimum Gasteiger partial charge on any atom is -0.329 e. The molecule has 2 N–H and O–H groups in total. The maximum absolute atomic E-state index is 12.2. The zero-order valence-corrected chi connectivity index (χ0v) is 11.3. The number of hydrogen-bond acceptors (Lipinski definition) is 4. The molecule has 0 aliphatic carbocycles. The van der Waals surface area contributed by atoms with Crippen molar-refractivity contribution in [2.45, 2.75) is 39.2 Å². The van der Waals surface area contributed by atoms with E-state index in [-0.39, 0.29) is 17.9 Å². The third-order valence-electron chi connectivity index (χ3n) is 4.03. The van der Waals surface area contributed by atoms with E-state index in [1.165, 1.54) is 4.90 Å². The van der Waals surface area contributed by atoms with E-state index in [1.807, 2.05) is 13.8 Å². The lowest BCUT2D eigenvalue weighted by atomic mass is 9.92. The van der Waals surface area contributed by atoms with Crippen molar-refractivity contribution < 1.29 is 9.59 Å². The normalized spacial score (nSPS) is 26.1. The molecule has 2 rings (SSSR count). The molecule has 2 heterocycles. The molecule has 5 heteroatoms. The quantitative estimate of drug-likeness (QED) is 0.729. The highest BCUT2D eigenvalue weighted by atomic mass is 16.2. The first-order chi connectivity index (χ1) is 8.45. The van der Waals surface area contributed by atoms with Crippen molar-refractivity contribution >= 4 is 11.8 Å². The summed E-state index contributed by atoms with van der Waals surface area (Å²) in [6.07, 6.45) is 2.12. The number of likely N-dealkylation sites (tertiary alicyclic amines) is 2. The number of carbonyl (C=O) groups excluding carboxylic acids is 2. The van der Waals surface area contributed by atoms with Crippen LogP contribution in [0.2, 0.25) is 0 Å². The summed E-state index contributed by atoms with van der Waals surface area (Å²) in [6, 6.07) is 0.0980. The molecular weight excluding hydrogens is 230 g/mol. The number of carbonyl (C=O) groups is 2. The first kappa shape index (κ1) is 13.5. The van der Waals surface area contributed by atoms with Crippen LogP contribution in [0.15, 0.2) is 0 Å². The molecule has 5 nitrogen and oxygen atoms in total. The standard InChI is InChI=1S/C13H23N3O2/c1-13(2)9-11(17)16(12(13)18)10-3-6-15(7-4-10)8-5-14/h10H,3-9,14H2,1-2H3. The van der Waals surface area contributed by atoms with Crippen molar-refractivity contribution in [3.8, 4) is 0 Å². The van der Waals surface area contributed by atoms with Gasteiger partial charge in [-0.05, 0) is 12.8 Å². The molecule has 0 aromatic carbocycles. The molecule has 0 radical (unpaired) electrons. The van der Waals surface area contributed by atoms with E-state index in [9.17, 15) is 9.59 Å². The number of nitrogens with two attached hydrogens (primary N) is 1. The lowest BCUT2D eigenvalue weighted by Crippen LogP contribution is -2.48. The lowest BCUT2D eigenvalue weighted by molar-refractivity contribution is -0.144. The maximum atomic E-state index is 12.2. The van der Waals surface area contributed by atoms with Gasteiger partial charge in [0.1, 0.15) is 0 Å². The van der Waals surface area contributed by atoms with Gasteiger partial charge in [-0.1, -0.05) is 13.8 Å². The van der Waals surface area contributed by atoms with E-state index >= 15 is 0 Å². The summed E-state index contributed by atoms with van der Waals surface area (Å²) >= 11 is 0. The molecule has 0 aromatic rings. The fourth-order valence-electron chi connectivity index (χ4n) is 2.93. The second kappa shape index (κ2) is 4.97. The predicted octanol–water partition coefficient (Wildman–Crippen LogP) is 0.195. The van der Waals surface area contributed by atoms with Gasteiger partial charge in [-0.3, -0.25) is 14.5 Å². The summed E-state index contributed by atoms with van der Waals surface area (Å²) in [7, 11) is 0. The number of nitrogens with zero attached hydrogens (tertiary/aromatic N) is 2. The van der Waals surface area contributed by atoms with Crippen LogP contribution in [0.3, 0.4) is 0 Å². The van der Waals surface area contributed by atoms with Gasteiger partial charge in [-0.15, -0.1) is 0 Å². The fraction of sp³-hybridized carbons (Fsp3) is 0.846. The molecule has 2 amide bonds. The molecule has 0 atom stereocenters. The molecule has 2 aliphatic rings. The zero-order chi connectivity index (χ0) is 13.3. The zero-order valence-electron chi connectivity index (χ0n) is 11.3. The SMILES string of the molecule is CC1(C)CC(=O)N(C2CCN(CCN)CC2)C1=O. The Hall–Kier alpha value is -0.940. The van der Waals surface area contributed by atoms with Gasteiger partial charge in [0.05, 0.1) is 5.41 Å². The molecule has 0 saturated carbocycles. The Balaban J connectivity index is 1.98. The lowest BCUT2D eigenvalue weighted by Gasteiger charge is -2.36. The van der Waals surface area contributed by atoms with Gasteiger partial charge in [0.25, 0.3) is 0 Å². The summed E-state index contributed by atoms with van der Waals surface area (Å²) < 4.78 is 0. The summed E-state index contributed by atoms with van der Waals surface area (Å²) in [5.41, 5.74) is 5.03. The molecule has 0 unspecified atom stereocenters. The Morgan fingerprint density at radius 1 is 1.28 bits per heavy atom. The van der Waals surface area contributed by atoms with E-state index in [4.69, 9.17) is 5.73 Å². The number of amides is 2. The number of imide groups is 1. The molecule has 2 saturated heterocycles. The Kier molecular flexibility index (Phi) is 3.73. The molecule has 0 bridgehead atoms. The van der Waals surface area contributed by atoms with E-state index in [0.717, 1.165) is 32.5 Å². The van der Waals surface area contributed by atoms with Crippen molar-refractivity contribution in [1.82, 2.24) is 9.80 Å². The van der Waals surface area contributed by atoms with Crippen LogP contribution in [0.25, 0.3) is 0 Å². The third kappa shape index (κ3) is 2.42. The van der Waals surface area contributed by atoms with E-state index in [2.05, 4.69) is 4.90 Å². The van der Waals surface area contributed by atoms with Crippen molar-refractivity contribution in [3.63, 3.8) is 0 Å². The van der Waals surface area contributed by atoms with E-state index in [1.54, 1.807) is 0 Å². The largest absolute Gasteiger partial charge is 0.329 e. The van der Waals surface area contributed by atoms with Gasteiger partial charge >= 0.3 is 0 Å².